The Hall–Kier alpha value is -2.43. The number of rotatable bonds is 6. The maximum absolute atomic E-state index is 12.4. The summed E-state index contributed by atoms with van der Waals surface area (Å²) in [6.07, 6.45) is 2.73. The first-order chi connectivity index (χ1) is 14.1. The number of hydrogen-bond donors (Lipinski definition) is 0. The molecule has 2 fully saturated rings. The molecule has 6 nitrogen and oxygen atoms in total. The molecule has 7 heteroatoms. The van der Waals surface area contributed by atoms with Crippen LogP contribution in [0.25, 0.3) is 10.4 Å². The molecule has 1 aliphatic heterocycles. The number of aromatic nitrogens is 1. The van der Waals surface area contributed by atoms with Crippen molar-refractivity contribution in [3.63, 3.8) is 0 Å². The van der Waals surface area contributed by atoms with Crippen LogP contribution in [-0.4, -0.2) is 55.2 Å². The minimum Gasteiger partial charge on any atom is -0.384 e. The van der Waals surface area contributed by atoms with Crippen molar-refractivity contribution in [2.75, 3.05) is 38.3 Å². The van der Waals surface area contributed by atoms with Crippen LogP contribution in [0.2, 0.25) is 0 Å². The van der Waals surface area contributed by atoms with Gasteiger partial charge in [0.25, 0.3) is 0 Å². The van der Waals surface area contributed by atoms with E-state index in [0.29, 0.717) is 44.1 Å². The van der Waals surface area contributed by atoms with E-state index in [2.05, 4.69) is 29.3 Å². The van der Waals surface area contributed by atoms with Crippen molar-refractivity contribution in [2.24, 2.45) is 0 Å². The fourth-order valence-electron chi connectivity index (χ4n) is 3.99. The SMILES string of the molecule is COCCC(=O)N1CCN(c2nc(C3CC3)c(-c3cccs3)cc2C#N)CC1C. The van der Waals surface area contributed by atoms with E-state index in [0.717, 1.165) is 29.9 Å². The molecule has 2 aromatic heterocycles. The van der Waals surface area contributed by atoms with E-state index < -0.39 is 0 Å². The van der Waals surface area contributed by atoms with Gasteiger partial charge in [-0.05, 0) is 37.3 Å². The van der Waals surface area contributed by atoms with E-state index >= 15 is 0 Å². The molecular formula is C22H26N4O2S. The maximum atomic E-state index is 12.4. The minimum absolute atomic E-state index is 0.0720. The lowest BCUT2D eigenvalue weighted by Crippen LogP contribution is -2.54. The van der Waals surface area contributed by atoms with Crippen LogP contribution < -0.4 is 4.90 Å². The molecule has 0 N–H and O–H groups in total. The van der Waals surface area contributed by atoms with E-state index in [9.17, 15) is 10.1 Å². The lowest BCUT2D eigenvalue weighted by molar-refractivity contribution is -0.134. The molecule has 1 unspecified atom stereocenters. The monoisotopic (exact) mass is 410 g/mol. The summed E-state index contributed by atoms with van der Waals surface area (Å²) in [4.78, 5) is 22.7. The number of piperazine rings is 1. The second-order valence-electron chi connectivity index (χ2n) is 7.78. The van der Waals surface area contributed by atoms with Crippen molar-refractivity contribution in [2.45, 2.75) is 38.1 Å². The number of ether oxygens (including phenoxy) is 1. The van der Waals surface area contributed by atoms with E-state index in [1.807, 2.05) is 17.0 Å². The van der Waals surface area contributed by atoms with Gasteiger partial charge in [0.15, 0.2) is 0 Å². The Morgan fingerprint density at radius 2 is 2.24 bits per heavy atom. The van der Waals surface area contributed by atoms with Gasteiger partial charge in [-0.15, -0.1) is 11.3 Å². The van der Waals surface area contributed by atoms with Gasteiger partial charge in [-0.2, -0.15) is 5.26 Å². The third-order valence-electron chi connectivity index (χ3n) is 5.67. The molecule has 29 heavy (non-hydrogen) atoms. The number of anilines is 1. The Balaban J connectivity index is 1.60. The quantitative estimate of drug-likeness (QED) is 0.727. The van der Waals surface area contributed by atoms with Crippen molar-refractivity contribution in [3.8, 4) is 16.5 Å². The van der Waals surface area contributed by atoms with Crippen molar-refractivity contribution < 1.29 is 9.53 Å². The van der Waals surface area contributed by atoms with Gasteiger partial charge in [0, 0.05) is 49.1 Å². The van der Waals surface area contributed by atoms with Crippen LogP contribution >= 0.6 is 11.3 Å². The number of nitrogens with zero attached hydrogens (tertiary/aromatic N) is 4. The van der Waals surface area contributed by atoms with Gasteiger partial charge in [-0.3, -0.25) is 4.79 Å². The summed E-state index contributed by atoms with van der Waals surface area (Å²) in [5, 5.41) is 11.9. The molecule has 0 bridgehead atoms. The molecule has 3 heterocycles. The molecule has 0 radical (unpaired) electrons. The fraction of sp³-hybridized carbons (Fsp3) is 0.500. The predicted molar refractivity (Wildman–Crippen MR) is 114 cm³/mol. The third kappa shape index (κ3) is 4.14. The number of nitriles is 1. The number of methoxy groups -OCH3 is 1. The van der Waals surface area contributed by atoms with E-state index in [1.165, 1.54) is 4.88 Å². The number of hydrogen-bond acceptors (Lipinski definition) is 6. The first-order valence-electron chi connectivity index (χ1n) is 10.1. The number of thiophene rings is 1. The van der Waals surface area contributed by atoms with Crippen LogP contribution in [0.4, 0.5) is 5.82 Å². The fourth-order valence-corrected chi connectivity index (χ4v) is 4.74. The molecule has 1 amide bonds. The van der Waals surface area contributed by atoms with Crippen LogP contribution in [0.3, 0.4) is 0 Å². The standard InChI is InChI=1S/C22H26N4O2S/c1-15-14-25(8-9-26(15)20(27)7-10-28-2)22-17(13-23)12-18(19-4-3-11-29-19)21(24-22)16-5-6-16/h3-4,11-12,15-16H,5-10,14H2,1-2H3. The summed E-state index contributed by atoms with van der Waals surface area (Å²) in [7, 11) is 1.61. The summed E-state index contributed by atoms with van der Waals surface area (Å²) >= 11 is 1.69. The van der Waals surface area contributed by atoms with Gasteiger partial charge in [-0.25, -0.2) is 4.98 Å². The normalized spacial score (nSPS) is 19.3. The molecule has 2 aliphatic rings. The van der Waals surface area contributed by atoms with E-state index in [4.69, 9.17) is 9.72 Å². The van der Waals surface area contributed by atoms with E-state index in [1.54, 1.807) is 18.4 Å². The molecule has 1 atom stereocenters. The summed E-state index contributed by atoms with van der Waals surface area (Å²) in [5.74, 6) is 1.39. The van der Waals surface area contributed by atoms with Crippen molar-refractivity contribution >= 4 is 23.1 Å². The van der Waals surface area contributed by atoms with Crippen LogP contribution in [0.15, 0.2) is 23.6 Å². The third-order valence-corrected chi connectivity index (χ3v) is 6.57. The minimum atomic E-state index is 0.0720. The molecule has 4 rings (SSSR count). The average Bonchev–Trinajstić information content (AvgIpc) is 3.44. The zero-order chi connectivity index (χ0) is 20.4. The Bertz CT molecular complexity index is 918. The Labute approximate surface area is 175 Å². The van der Waals surface area contributed by atoms with Gasteiger partial charge in [0.2, 0.25) is 5.91 Å². The van der Waals surface area contributed by atoms with Crippen LogP contribution in [-0.2, 0) is 9.53 Å². The molecule has 0 aromatic carbocycles. The smallest absolute Gasteiger partial charge is 0.225 e. The molecular weight excluding hydrogens is 384 g/mol. The van der Waals surface area contributed by atoms with Gasteiger partial charge < -0.3 is 14.5 Å². The Morgan fingerprint density at radius 3 is 2.86 bits per heavy atom. The summed E-state index contributed by atoms with van der Waals surface area (Å²) in [5.41, 5.74) is 2.83. The lowest BCUT2D eigenvalue weighted by Gasteiger charge is -2.41. The van der Waals surface area contributed by atoms with Crippen LogP contribution in [0.1, 0.15) is 43.4 Å². The Kier molecular flexibility index (Phi) is 5.84. The highest BCUT2D eigenvalue weighted by molar-refractivity contribution is 7.13. The van der Waals surface area contributed by atoms with Crippen molar-refractivity contribution in [1.82, 2.24) is 9.88 Å². The molecule has 1 aliphatic carbocycles. The second kappa shape index (κ2) is 8.52. The molecule has 1 saturated carbocycles. The first-order valence-corrected chi connectivity index (χ1v) is 11.0. The summed E-state index contributed by atoms with van der Waals surface area (Å²) in [6.45, 7) is 4.52. The van der Waals surface area contributed by atoms with Crippen molar-refractivity contribution in [1.29, 1.82) is 5.26 Å². The molecule has 152 valence electrons. The van der Waals surface area contributed by atoms with Gasteiger partial charge >= 0.3 is 0 Å². The van der Waals surface area contributed by atoms with Gasteiger partial charge in [0.05, 0.1) is 24.3 Å². The molecule has 0 spiro atoms. The Morgan fingerprint density at radius 1 is 1.41 bits per heavy atom. The first kappa shape index (κ1) is 19.9. The zero-order valence-corrected chi connectivity index (χ0v) is 17.7. The molecule has 2 aromatic rings. The van der Waals surface area contributed by atoms with Crippen LogP contribution in [0, 0.1) is 11.3 Å². The van der Waals surface area contributed by atoms with Crippen LogP contribution in [0.5, 0.6) is 0 Å². The topological polar surface area (TPSA) is 69.5 Å². The lowest BCUT2D eigenvalue weighted by atomic mass is 10.0. The van der Waals surface area contributed by atoms with Crippen molar-refractivity contribution in [3.05, 3.63) is 34.8 Å². The predicted octanol–water partition coefficient (Wildman–Crippen LogP) is 3.63. The number of carbonyl (C=O) groups excluding carboxylic acids is 1. The number of carbonyl (C=O) groups is 1. The highest BCUT2D eigenvalue weighted by Gasteiger charge is 2.33. The van der Waals surface area contributed by atoms with Gasteiger partial charge in [-0.1, -0.05) is 6.07 Å². The average molecular weight is 411 g/mol. The summed E-state index contributed by atoms with van der Waals surface area (Å²) in [6, 6.07) is 8.59. The summed E-state index contributed by atoms with van der Waals surface area (Å²) < 4.78 is 5.04. The second-order valence-corrected chi connectivity index (χ2v) is 8.73. The highest BCUT2D eigenvalue weighted by Crippen LogP contribution is 2.45. The number of amides is 1. The highest BCUT2D eigenvalue weighted by atomic mass is 32.1. The maximum Gasteiger partial charge on any atom is 0.225 e. The van der Waals surface area contributed by atoms with E-state index in [-0.39, 0.29) is 11.9 Å². The van der Waals surface area contributed by atoms with Gasteiger partial charge in [0.1, 0.15) is 11.9 Å². The largest absolute Gasteiger partial charge is 0.384 e. The number of pyridine rings is 1. The molecule has 1 saturated heterocycles. The zero-order valence-electron chi connectivity index (χ0n) is 16.9.